The Morgan fingerprint density at radius 1 is 1.33 bits per heavy atom. The lowest BCUT2D eigenvalue weighted by Gasteiger charge is -2.35. The summed E-state index contributed by atoms with van der Waals surface area (Å²) in [5, 5.41) is 2.96. The van der Waals surface area contributed by atoms with E-state index in [0.717, 1.165) is 17.4 Å². The summed E-state index contributed by atoms with van der Waals surface area (Å²) >= 11 is 0. The summed E-state index contributed by atoms with van der Waals surface area (Å²) in [5.74, 6) is 0.203. The molecule has 1 fully saturated rings. The highest BCUT2D eigenvalue weighted by molar-refractivity contribution is 5.77. The van der Waals surface area contributed by atoms with Crippen LogP contribution in [0.3, 0.4) is 0 Å². The molecule has 1 N–H and O–H groups in total. The van der Waals surface area contributed by atoms with Gasteiger partial charge in [0.15, 0.2) is 6.54 Å². The van der Waals surface area contributed by atoms with Crippen molar-refractivity contribution in [1.82, 2.24) is 5.32 Å². The van der Waals surface area contributed by atoms with Crippen molar-refractivity contribution in [2.75, 3.05) is 27.2 Å². The number of quaternary nitrogens is 1. The number of hydrogen-bond acceptors (Lipinski definition) is 1. The number of carbonyl (C=O) groups excluding carboxylic acids is 1. The third-order valence-corrected chi connectivity index (χ3v) is 3.44. The van der Waals surface area contributed by atoms with Gasteiger partial charge in [-0.1, -0.05) is 6.92 Å². The molecule has 15 heavy (non-hydrogen) atoms. The van der Waals surface area contributed by atoms with E-state index >= 15 is 0 Å². The Kier molecular flexibility index (Phi) is 4.58. The van der Waals surface area contributed by atoms with Gasteiger partial charge in [0.05, 0.1) is 20.1 Å². The monoisotopic (exact) mass is 213 g/mol. The van der Waals surface area contributed by atoms with Gasteiger partial charge in [-0.25, -0.2) is 0 Å². The number of carbonyl (C=O) groups is 1. The van der Waals surface area contributed by atoms with Gasteiger partial charge in [-0.2, -0.15) is 0 Å². The van der Waals surface area contributed by atoms with Gasteiger partial charge in [0.25, 0.3) is 5.91 Å². The summed E-state index contributed by atoms with van der Waals surface area (Å²) in [4.78, 5) is 11.6. The van der Waals surface area contributed by atoms with Crippen molar-refractivity contribution in [3.63, 3.8) is 0 Å². The van der Waals surface area contributed by atoms with E-state index in [2.05, 4.69) is 26.3 Å². The molecule has 1 rings (SSSR count). The maximum absolute atomic E-state index is 11.6. The molecule has 0 atom stereocenters. The van der Waals surface area contributed by atoms with Gasteiger partial charge in [0.1, 0.15) is 0 Å². The van der Waals surface area contributed by atoms with Gasteiger partial charge in [-0.3, -0.25) is 4.79 Å². The maximum Gasteiger partial charge on any atom is 0.275 e. The zero-order chi connectivity index (χ0) is 11.3. The van der Waals surface area contributed by atoms with Crippen molar-refractivity contribution >= 4 is 5.91 Å². The molecule has 3 heteroatoms. The lowest BCUT2D eigenvalue weighted by Crippen LogP contribution is -2.53. The van der Waals surface area contributed by atoms with E-state index in [4.69, 9.17) is 0 Å². The summed E-state index contributed by atoms with van der Waals surface area (Å²) in [5.41, 5.74) is 0. The molecule has 1 saturated carbocycles. The van der Waals surface area contributed by atoms with Crippen molar-refractivity contribution in [1.29, 1.82) is 0 Å². The summed E-state index contributed by atoms with van der Waals surface area (Å²) in [6.07, 6.45) is 6.26. The Balaban J connectivity index is 2.36. The summed E-state index contributed by atoms with van der Waals surface area (Å²) in [7, 11) is 4.36. The molecule has 0 spiro atoms. The molecular weight excluding hydrogens is 188 g/mol. The van der Waals surface area contributed by atoms with Crippen LogP contribution in [0.1, 0.15) is 39.0 Å². The minimum Gasteiger partial charge on any atom is -0.351 e. The molecule has 3 nitrogen and oxygen atoms in total. The van der Waals surface area contributed by atoms with E-state index in [9.17, 15) is 4.79 Å². The predicted molar refractivity (Wildman–Crippen MR) is 62.5 cm³/mol. The average Bonchev–Trinajstić information content (AvgIpc) is 2.67. The molecule has 88 valence electrons. The van der Waals surface area contributed by atoms with Crippen molar-refractivity contribution in [3.8, 4) is 0 Å². The van der Waals surface area contributed by atoms with E-state index < -0.39 is 0 Å². The first-order valence-corrected chi connectivity index (χ1v) is 6.15. The first-order chi connectivity index (χ1) is 7.06. The highest BCUT2D eigenvalue weighted by Crippen LogP contribution is 2.26. The smallest absolute Gasteiger partial charge is 0.275 e. The third-order valence-electron chi connectivity index (χ3n) is 3.44. The lowest BCUT2D eigenvalue weighted by molar-refractivity contribution is -0.906. The van der Waals surface area contributed by atoms with Gasteiger partial charge in [-0.05, 0) is 32.1 Å². The van der Waals surface area contributed by atoms with Gasteiger partial charge >= 0.3 is 0 Å². The molecule has 0 radical (unpaired) electrons. The van der Waals surface area contributed by atoms with Crippen LogP contribution in [-0.2, 0) is 4.79 Å². The van der Waals surface area contributed by atoms with Gasteiger partial charge in [0, 0.05) is 6.54 Å². The molecule has 0 aliphatic heterocycles. The van der Waals surface area contributed by atoms with Crippen LogP contribution in [0, 0.1) is 0 Å². The Hall–Kier alpha value is -0.570. The fourth-order valence-corrected chi connectivity index (χ4v) is 2.42. The summed E-state index contributed by atoms with van der Waals surface area (Å²) < 4.78 is 0.857. The predicted octanol–water partition coefficient (Wildman–Crippen LogP) is 1.53. The van der Waals surface area contributed by atoms with Crippen LogP contribution in [0.25, 0.3) is 0 Å². The number of nitrogens with one attached hydrogen (secondary N) is 1. The fraction of sp³-hybridized carbons (Fsp3) is 0.917. The molecular formula is C12H25N2O+. The summed E-state index contributed by atoms with van der Waals surface area (Å²) in [6.45, 7) is 3.52. The van der Waals surface area contributed by atoms with Crippen molar-refractivity contribution < 1.29 is 9.28 Å². The lowest BCUT2D eigenvalue weighted by atomic mass is 10.2. The minimum atomic E-state index is 0.203. The highest BCUT2D eigenvalue weighted by atomic mass is 16.2. The zero-order valence-corrected chi connectivity index (χ0v) is 10.4. The van der Waals surface area contributed by atoms with Crippen molar-refractivity contribution in [2.24, 2.45) is 0 Å². The van der Waals surface area contributed by atoms with E-state index in [1.54, 1.807) is 0 Å². The van der Waals surface area contributed by atoms with Crippen LogP contribution < -0.4 is 5.32 Å². The van der Waals surface area contributed by atoms with Crippen LogP contribution in [0.4, 0.5) is 0 Å². The van der Waals surface area contributed by atoms with Crippen LogP contribution in [0.2, 0.25) is 0 Å². The Morgan fingerprint density at radius 3 is 2.47 bits per heavy atom. The molecule has 0 aromatic carbocycles. The standard InChI is InChI=1S/C12H24N2O/c1-4-9-13-12(15)10-14(2,3)11-7-5-6-8-11/h11H,4-10H2,1-3H3/p+1. The van der Waals surface area contributed by atoms with Gasteiger partial charge < -0.3 is 9.80 Å². The largest absolute Gasteiger partial charge is 0.351 e. The number of rotatable bonds is 5. The van der Waals surface area contributed by atoms with E-state index in [0.29, 0.717) is 12.6 Å². The normalized spacial score (nSPS) is 18.1. The molecule has 0 heterocycles. The second kappa shape index (κ2) is 5.50. The number of hydrogen-bond donors (Lipinski definition) is 1. The molecule has 0 unspecified atom stereocenters. The molecule has 0 aromatic rings. The quantitative estimate of drug-likeness (QED) is 0.690. The average molecular weight is 213 g/mol. The Labute approximate surface area is 93.4 Å². The summed E-state index contributed by atoms with van der Waals surface area (Å²) in [6, 6.07) is 0.692. The minimum absolute atomic E-state index is 0.203. The third kappa shape index (κ3) is 3.82. The van der Waals surface area contributed by atoms with Crippen LogP contribution >= 0.6 is 0 Å². The topological polar surface area (TPSA) is 29.1 Å². The van der Waals surface area contributed by atoms with Crippen molar-refractivity contribution in [3.05, 3.63) is 0 Å². The van der Waals surface area contributed by atoms with Gasteiger partial charge in [-0.15, -0.1) is 0 Å². The zero-order valence-electron chi connectivity index (χ0n) is 10.4. The first-order valence-electron chi connectivity index (χ1n) is 6.15. The molecule has 0 aromatic heterocycles. The number of likely N-dealkylation sites (N-methyl/N-ethyl adjacent to an activating group) is 1. The fourth-order valence-electron chi connectivity index (χ4n) is 2.42. The van der Waals surface area contributed by atoms with Crippen LogP contribution in [0.15, 0.2) is 0 Å². The van der Waals surface area contributed by atoms with Crippen LogP contribution in [-0.4, -0.2) is 43.6 Å². The molecule has 1 aliphatic rings. The number of nitrogens with zero attached hydrogens (tertiary/aromatic N) is 1. The molecule has 1 amide bonds. The Bertz CT molecular complexity index is 208. The SMILES string of the molecule is CCCNC(=O)C[N+](C)(C)C1CCCC1. The van der Waals surface area contributed by atoms with E-state index in [1.165, 1.54) is 25.7 Å². The molecule has 1 aliphatic carbocycles. The maximum atomic E-state index is 11.6. The first kappa shape index (κ1) is 12.5. The number of amides is 1. The molecule has 0 saturated heterocycles. The van der Waals surface area contributed by atoms with E-state index in [-0.39, 0.29) is 5.91 Å². The second-order valence-corrected chi connectivity index (χ2v) is 5.22. The Morgan fingerprint density at radius 2 is 1.93 bits per heavy atom. The molecule has 0 bridgehead atoms. The second-order valence-electron chi connectivity index (χ2n) is 5.22. The highest BCUT2D eigenvalue weighted by Gasteiger charge is 2.32. The van der Waals surface area contributed by atoms with E-state index in [1.807, 2.05) is 0 Å². The van der Waals surface area contributed by atoms with Crippen molar-refractivity contribution in [2.45, 2.75) is 45.1 Å². The van der Waals surface area contributed by atoms with Crippen LogP contribution in [0.5, 0.6) is 0 Å². The van der Waals surface area contributed by atoms with Gasteiger partial charge in [0.2, 0.25) is 0 Å².